The van der Waals surface area contributed by atoms with Crippen LogP contribution in [-0.4, -0.2) is 15.4 Å². The van der Waals surface area contributed by atoms with Gasteiger partial charge < -0.3 is 5.73 Å². The van der Waals surface area contributed by atoms with E-state index >= 15 is 0 Å². The number of pyridine rings is 1. The van der Waals surface area contributed by atoms with Crippen LogP contribution in [0.2, 0.25) is 0 Å². The molecule has 0 aliphatic rings. The molecule has 0 aliphatic carbocycles. The van der Waals surface area contributed by atoms with Gasteiger partial charge in [0, 0.05) is 28.1 Å². The van der Waals surface area contributed by atoms with Gasteiger partial charge in [0.25, 0.3) is 0 Å². The Morgan fingerprint density at radius 1 is 1.12 bits per heavy atom. The van der Waals surface area contributed by atoms with Crippen LogP contribution in [0.25, 0.3) is 11.1 Å². The third-order valence-corrected chi connectivity index (χ3v) is 3.24. The van der Waals surface area contributed by atoms with E-state index in [1.165, 1.54) is 0 Å². The Bertz CT molecular complexity index is 523. The molecule has 0 radical (unpaired) electrons. The summed E-state index contributed by atoms with van der Waals surface area (Å²) in [7, 11) is -0.935. The topological polar surface area (TPSA) is 56.0 Å². The fourth-order valence-electron chi connectivity index (χ4n) is 1.47. The first-order valence-corrected chi connectivity index (χ1v) is 6.38. The second-order valence-electron chi connectivity index (χ2n) is 3.45. The number of nitrogens with two attached hydrogens (primary N) is 1. The van der Waals surface area contributed by atoms with Gasteiger partial charge in [-0.1, -0.05) is 12.1 Å². The zero-order chi connectivity index (χ0) is 11.5. The first kappa shape index (κ1) is 10.8. The SMILES string of the molecule is CS(=O)c1ccc(-c2ccnc(N)c2)cc1. The lowest BCUT2D eigenvalue weighted by Crippen LogP contribution is -1.90. The Morgan fingerprint density at radius 3 is 2.38 bits per heavy atom. The largest absolute Gasteiger partial charge is 0.384 e. The number of hydrogen-bond donors (Lipinski definition) is 1. The molecule has 4 heteroatoms. The Kier molecular flexibility index (Phi) is 3.01. The summed E-state index contributed by atoms with van der Waals surface area (Å²) in [5, 5.41) is 0. The molecule has 3 nitrogen and oxygen atoms in total. The van der Waals surface area contributed by atoms with Crippen molar-refractivity contribution in [2.45, 2.75) is 4.90 Å². The van der Waals surface area contributed by atoms with Crippen LogP contribution < -0.4 is 5.73 Å². The van der Waals surface area contributed by atoms with E-state index in [9.17, 15) is 4.21 Å². The zero-order valence-corrected chi connectivity index (χ0v) is 9.70. The van der Waals surface area contributed by atoms with Crippen LogP contribution in [0.15, 0.2) is 47.5 Å². The van der Waals surface area contributed by atoms with Crippen LogP contribution in [0, 0.1) is 0 Å². The number of hydrogen-bond acceptors (Lipinski definition) is 3. The van der Waals surface area contributed by atoms with Crippen molar-refractivity contribution in [3.63, 3.8) is 0 Å². The van der Waals surface area contributed by atoms with Crippen LogP contribution in [-0.2, 0) is 10.8 Å². The molecule has 1 unspecified atom stereocenters. The first-order chi connectivity index (χ1) is 7.66. The fourth-order valence-corrected chi connectivity index (χ4v) is 1.99. The van der Waals surface area contributed by atoms with E-state index < -0.39 is 10.8 Å². The summed E-state index contributed by atoms with van der Waals surface area (Å²) in [6, 6.07) is 11.3. The lowest BCUT2D eigenvalue weighted by molar-refractivity contribution is 0.687. The highest BCUT2D eigenvalue weighted by atomic mass is 32.2. The minimum Gasteiger partial charge on any atom is -0.384 e. The lowest BCUT2D eigenvalue weighted by atomic mass is 10.1. The summed E-state index contributed by atoms with van der Waals surface area (Å²) in [6.45, 7) is 0. The molecule has 2 aromatic rings. The summed E-state index contributed by atoms with van der Waals surface area (Å²) in [4.78, 5) is 4.77. The monoisotopic (exact) mass is 232 g/mol. The Morgan fingerprint density at radius 2 is 1.81 bits per heavy atom. The molecule has 0 saturated carbocycles. The maximum Gasteiger partial charge on any atom is 0.123 e. The van der Waals surface area contributed by atoms with Gasteiger partial charge in [-0.2, -0.15) is 0 Å². The van der Waals surface area contributed by atoms with Gasteiger partial charge in [0.05, 0.1) is 0 Å². The molecule has 1 atom stereocenters. The van der Waals surface area contributed by atoms with Gasteiger partial charge in [-0.15, -0.1) is 0 Å². The highest BCUT2D eigenvalue weighted by Gasteiger charge is 2.00. The summed E-state index contributed by atoms with van der Waals surface area (Å²) in [6.07, 6.45) is 3.34. The minimum absolute atomic E-state index is 0.501. The molecule has 2 N–H and O–H groups in total. The van der Waals surface area contributed by atoms with Crippen molar-refractivity contribution in [2.24, 2.45) is 0 Å². The number of nitrogens with zero attached hydrogens (tertiary/aromatic N) is 1. The van der Waals surface area contributed by atoms with E-state index in [4.69, 9.17) is 5.73 Å². The third kappa shape index (κ3) is 2.28. The summed E-state index contributed by atoms with van der Waals surface area (Å²) in [5.74, 6) is 0.501. The number of rotatable bonds is 2. The van der Waals surface area contributed by atoms with Gasteiger partial charge in [-0.25, -0.2) is 4.98 Å². The summed E-state index contributed by atoms with van der Waals surface area (Å²) in [5.41, 5.74) is 7.67. The highest BCUT2D eigenvalue weighted by Crippen LogP contribution is 2.21. The minimum atomic E-state index is -0.935. The van der Waals surface area contributed by atoms with Gasteiger partial charge in [0.2, 0.25) is 0 Å². The first-order valence-electron chi connectivity index (χ1n) is 4.82. The second-order valence-corrected chi connectivity index (χ2v) is 4.83. The van der Waals surface area contributed by atoms with E-state index in [2.05, 4.69) is 4.98 Å². The Hall–Kier alpha value is -1.68. The number of aromatic nitrogens is 1. The lowest BCUT2D eigenvalue weighted by Gasteiger charge is -2.03. The molecular formula is C12H12N2OS. The molecule has 0 aliphatic heterocycles. The van der Waals surface area contributed by atoms with Crippen LogP contribution >= 0.6 is 0 Å². The van der Waals surface area contributed by atoms with Crippen molar-refractivity contribution < 1.29 is 4.21 Å². The quantitative estimate of drug-likeness (QED) is 0.862. The van der Waals surface area contributed by atoms with Gasteiger partial charge in [-0.3, -0.25) is 4.21 Å². The van der Waals surface area contributed by atoms with E-state index in [0.29, 0.717) is 5.82 Å². The molecule has 1 heterocycles. The molecule has 0 amide bonds. The molecule has 0 fully saturated rings. The zero-order valence-electron chi connectivity index (χ0n) is 8.88. The van der Waals surface area contributed by atoms with Crippen LogP contribution in [0.1, 0.15) is 0 Å². The Balaban J connectivity index is 2.38. The maximum absolute atomic E-state index is 11.2. The summed E-state index contributed by atoms with van der Waals surface area (Å²) < 4.78 is 11.2. The standard InChI is InChI=1S/C12H12N2OS/c1-16(15)11-4-2-9(3-5-11)10-6-7-14-12(13)8-10/h2-8H,1H3,(H2,13,14). The highest BCUT2D eigenvalue weighted by molar-refractivity contribution is 7.84. The van der Waals surface area contributed by atoms with Gasteiger partial charge >= 0.3 is 0 Å². The van der Waals surface area contributed by atoms with Crippen molar-refractivity contribution >= 4 is 16.6 Å². The average molecular weight is 232 g/mol. The number of anilines is 1. The molecule has 82 valence electrons. The average Bonchev–Trinajstić information content (AvgIpc) is 2.29. The van der Waals surface area contributed by atoms with Crippen molar-refractivity contribution in [1.82, 2.24) is 4.98 Å². The van der Waals surface area contributed by atoms with E-state index in [1.54, 1.807) is 12.5 Å². The predicted molar refractivity (Wildman–Crippen MR) is 66.4 cm³/mol. The smallest absolute Gasteiger partial charge is 0.123 e. The van der Waals surface area contributed by atoms with Crippen LogP contribution in [0.5, 0.6) is 0 Å². The van der Waals surface area contributed by atoms with Gasteiger partial charge in [0.15, 0.2) is 0 Å². The second kappa shape index (κ2) is 4.45. The van der Waals surface area contributed by atoms with Crippen LogP contribution in [0.3, 0.4) is 0 Å². The van der Waals surface area contributed by atoms with E-state index in [0.717, 1.165) is 16.0 Å². The molecule has 0 spiro atoms. The van der Waals surface area contributed by atoms with Crippen molar-refractivity contribution in [3.8, 4) is 11.1 Å². The van der Waals surface area contributed by atoms with Crippen LogP contribution in [0.4, 0.5) is 5.82 Å². The number of nitrogen functional groups attached to an aromatic ring is 1. The Labute approximate surface area is 96.8 Å². The summed E-state index contributed by atoms with van der Waals surface area (Å²) >= 11 is 0. The van der Waals surface area contributed by atoms with Gasteiger partial charge in [0.1, 0.15) is 5.82 Å². The molecule has 16 heavy (non-hydrogen) atoms. The molecule has 1 aromatic carbocycles. The molecule has 0 bridgehead atoms. The maximum atomic E-state index is 11.2. The normalized spacial score (nSPS) is 12.3. The predicted octanol–water partition coefficient (Wildman–Crippen LogP) is 2.07. The molecule has 2 rings (SSSR count). The van der Waals surface area contributed by atoms with E-state index in [1.807, 2.05) is 36.4 Å². The third-order valence-electron chi connectivity index (χ3n) is 2.30. The van der Waals surface area contributed by atoms with Crippen molar-refractivity contribution in [3.05, 3.63) is 42.6 Å². The van der Waals surface area contributed by atoms with Gasteiger partial charge in [-0.05, 0) is 35.4 Å². The molecule has 0 saturated heterocycles. The molecule has 1 aromatic heterocycles. The van der Waals surface area contributed by atoms with Crippen molar-refractivity contribution in [1.29, 1.82) is 0 Å². The van der Waals surface area contributed by atoms with E-state index in [-0.39, 0.29) is 0 Å². The number of benzene rings is 1. The van der Waals surface area contributed by atoms with Crippen molar-refractivity contribution in [2.75, 3.05) is 12.0 Å². The fraction of sp³-hybridized carbons (Fsp3) is 0.0833. The molecular weight excluding hydrogens is 220 g/mol.